The van der Waals surface area contributed by atoms with E-state index in [-0.39, 0.29) is 24.5 Å². The smallest absolute Gasteiger partial charge is 0.317 e. The second kappa shape index (κ2) is 8.47. The van der Waals surface area contributed by atoms with Gasteiger partial charge in [0.05, 0.1) is 6.54 Å². The first-order chi connectivity index (χ1) is 11.0. The minimum atomic E-state index is -0.257. The molecule has 2 N–H and O–H groups in total. The molecular formula is C16H25N5O2. The number of likely N-dealkylation sites (tertiary alicyclic amines) is 1. The summed E-state index contributed by atoms with van der Waals surface area (Å²) in [5.41, 5.74) is 1.26. The number of carbonyl (C=O) groups excluding carboxylic acids is 2. The molecule has 1 fully saturated rings. The number of nitrogens with zero attached hydrogens (tertiary/aromatic N) is 3. The SMILES string of the molecule is CN(C)C(=O)NCC(=O)NC1CCN(Cc2ccncc2)CC1. The molecule has 0 atom stereocenters. The third-order valence-electron chi connectivity index (χ3n) is 3.91. The van der Waals surface area contributed by atoms with Gasteiger partial charge in [-0.05, 0) is 30.5 Å². The van der Waals surface area contributed by atoms with Crippen LogP contribution in [0.3, 0.4) is 0 Å². The fourth-order valence-corrected chi connectivity index (χ4v) is 2.57. The van der Waals surface area contributed by atoms with E-state index in [0.29, 0.717) is 0 Å². The molecule has 2 heterocycles. The summed E-state index contributed by atoms with van der Waals surface area (Å²) in [4.78, 5) is 31.0. The van der Waals surface area contributed by atoms with Gasteiger partial charge in [0, 0.05) is 52.2 Å². The highest BCUT2D eigenvalue weighted by molar-refractivity contribution is 5.83. The van der Waals surface area contributed by atoms with Crippen molar-refractivity contribution < 1.29 is 9.59 Å². The molecule has 0 aliphatic carbocycles. The minimum absolute atomic E-state index is 0.0221. The standard InChI is InChI=1S/C16H25N5O2/c1-20(2)16(23)18-11-15(22)19-14-5-9-21(10-6-14)12-13-3-7-17-8-4-13/h3-4,7-8,14H,5-6,9-12H2,1-2H3,(H,18,23)(H,19,22). The third kappa shape index (κ3) is 5.86. The third-order valence-corrected chi connectivity index (χ3v) is 3.91. The Labute approximate surface area is 137 Å². The van der Waals surface area contributed by atoms with Crippen LogP contribution in [0, 0.1) is 0 Å². The lowest BCUT2D eigenvalue weighted by Crippen LogP contribution is -2.48. The van der Waals surface area contributed by atoms with Crippen LogP contribution in [0.2, 0.25) is 0 Å². The van der Waals surface area contributed by atoms with Gasteiger partial charge >= 0.3 is 6.03 Å². The maximum absolute atomic E-state index is 11.8. The first kappa shape index (κ1) is 17.2. The Bertz CT molecular complexity index is 512. The van der Waals surface area contributed by atoms with E-state index < -0.39 is 0 Å². The number of urea groups is 1. The van der Waals surface area contributed by atoms with Gasteiger partial charge in [-0.1, -0.05) is 0 Å². The molecule has 23 heavy (non-hydrogen) atoms. The van der Waals surface area contributed by atoms with E-state index in [2.05, 4.69) is 20.5 Å². The largest absolute Gasteiger partial charge is 0.352 e. The van der Waals surface area contributed by atoms with E-state index in [0.717, 1.165) is 32.5 Å². The molecule has 0 unspecified atom stereocenters. The van der Waals surface area contributed by atoms with Crippen molar-refractivity contribution in [2.75, 3.05) is 33.7 Å². The van der Waals surface area contributed by atoms with Crippen LogP contribution in [0.25, 0.3) is 0 Å². The topological polar surface area (TPSA) is 77.6 Å². The van der Waals surface area contributed by atoms with Crippen molar-refractivity contribution in [3.8, 4) is 0 Å². The molecule has 2 rings (SSSR count). The van der Waals surface area contributed by atoms with E-state index in [1.54, 1.807) is 14.1 Å². The lowest BCUT2D eigenvalue weighted by Gasteiger charge is -2.32. The van der Waals surface area contributed by atoms with Gasteiger partial charge in [0.2, 0.25) is 5.91 Å². The van der Waals surface area contributed by atoms with E-state index in [9.17, 15) is 9.59 Å². The fourth-order valence-electron chi connectivity index (χ4n) is 2.57. The first-order valence-corrected chi connectivity index (χ1v) is 7.90. The molecule has 1 aliphatic rings. The summed E-state index contributed by atoms with van der Waals surface area (Å²) in [7, 11) is 3.29. The van der Waals surface area contributed by atoms with Gasteiger partial charge in [-0.2, -0.15) is 0 Å². The van der Waals surface area contributed by atoms with Crippen molar-refractivity contribution in [2.45, 2.75) is 25.4 Å². The number of piperidine rings is 1. The number of aromatic nitrogens is 1. The number of hydrogen-bond acceptors (Lipinski definition) is 4. The Morgan fingerprint density at radius 3 is 2.52 bits per heavy atom. The van der Waals surface area contributed by atoms with Crippen LogP contribution in [0.15, 0.2) is 24.5 Å². The Morgan fingerprint density at radius 1 is 1.26 bits per heavy atom. The molecule has 0 aromatic carbocycles. The van der Waals surface area contributed by atoms with Gasteiger partial charge < -0.3 is 15.5 Å². The molecule has 0 saturated carbocycles. The van der Waals surface area contributed by atoms with Crippen LogP contribution in [0.5, 0.6) is 0 Å². The van der Waals surface area contributed by atoms with E-state index in [1.165, 1.54) is 10.5 Å². The van der Waals surface area contributed by atoms with Crippen LogP contribution >= 0.6 is 0 Å². The molecule has 0 spiro atoms. The lowest BCUT2D eigenvalue weighted by atomic mass is 10.0. The van der Waals surface area contributed by atoms with Crippen LogP contribution in [0.4, 0.5) is 4.79 Å². The molecule has 126 valence electrons. The Hall–Kier alpha value is -2.15. The predicted molar refractivity (Wildman–Crippen MR) is 87.8 cm³/mol. The van der Waals surface area contributed by atoms with Crippen molar-refractivity contribution in [3.63, 3.8) is 0 Å². The van der Waals surface area contributed by atoms with Crippen LogP contribution in [-0.4, -0.2) is 66.5 Å². The number of amides is 3. The van der Waals surface area contributed by atoms with Gasteiger partial charge in [-0.25, -0.2) is 4.79 Å². The number of nitrogens with one attached hydrogen (secondary N) is 2. The summed E-state index contributed by atoms with van der Waals surface area (Å²) >= 11 is 0. The summed E-state index contributed by atoms with van der Waals surface area (Å²) in [5, 5.41) is 5.56. The van der Waals surface area contributed by atoms with Crippen molar-refractivity contribution >= 4 is 11.9 Å². The highest BCUT2D eigenvalue weighted by Gasteiger charge is 2.20. The van der Waals surface area contributed by atoms with Gasteiger partial charge in [0.25, 0.3) is 0 Å². The Balaban J connectivity index is 1.66. The number of carbonyl (C=O) groups is 2. The zero-order valence-electron chi connectivity index (χ0n) is 13.8. The average Bonchev–Trinajstić information content (AvgIpc) is 2.55. The molecule has 7 nitrogen and oxygen atoms in total. The zero-order chi connectivity index (χ0) is 16.7. The van der Waals surface area contributed by atoms with Crippen molar-refractivity contribution in [1.29, 1.82) is 0 Å². The lowest BCUT2D eigenvalue weighted by molar-refractivity contribution is -0.121. The van der Waals surface area contributed by atoms with Crippen molar-refractivity contribution in [2.24, 2.45) is 0 Å². The average molecular weight is 319 g/mol. The second-order valence-electron chi connectivity index (χ2n) is 6.03. The van der Waals surface area contributed by atoms with E-state index in [1.807, 2.05) is 24.5 Å². The second-order valence-corrected chi connectivity index (χ2v) is 6.03. The normalized spacial score (nSPS) is 15.9. The molecule has 0 radical (unpaired) electrons. The molecule has 1 aromatic heterocycles. The first-order valence-electron chi connectivity index (χ1n) is 7.90. The minimum Gasteiger partial charge on any atom is -0.352 e. The Morgan fingerprint density at radius 2 is 1.91 bits per heavy atom. The monoisotopic (exact) mass is 319 g/mol. The molecule has 1 aliphatic heterocycles. The van der Waals surface area contributed by atoms with Crippen LogP contribution in [0.1, 0.15) is 18.4 Å². The predicted octanol–water partition coefficient (Wildman–Crippen LogP) is 0.433. The van der Waals surface area contributed by atoms with Gasteiger partial charge in [0.1, 0.15) is 0 Å². The number of hydrogen-bond donors (Lipinski definition) is 2. The summed E-state index contributed by atoms with van der Waals surface area (Å²) in [6, 6.07) is 3.99. The Kier molecular flexibility index (Phi) is 6.34. The molecule has 7 heteroatoms. The highest BCUT2D eigenvalue weighted by Crippen LogP contribution is 2.13. The molecular weight excluding hydrogens is 294 g/mol. The molecule has 0 bridgehead atoms. The van der Waals surface area contributed by atoms with Crippen LogP contribution < -0.4 is 10.6 Å². The van der Waals surface area contributed by atoms with Crippen LogP contribution in [-0.2, 0) is 11.3 Å². The van der Waals surface area contributed by atoms with E-state index in [4.69, 9.17) is 0 Å². The highest BCUT2D eigenvalue weighted by atomic mass is 16.2. The number of rotatable bonds is 5. The van der Waals surface area contributed by atoms with Gasteiger partial charge in [-0.3, -0.25) is 14.7 Å². The van der Waals surface area contributed by atoms with Crippen molar-refractivity contribution in [1.82, 2.24) is 25.4 Å². The maximum atomic E-state index is 11.8. The van der Waals surface area contributed by atoms with Gasteiger partial charge in [0.15, 0.2) is 0 Å². The maximum Gasteiger partial charge on any atom is 0.317 e. The summed E-state index contributed by atoms with van der Waals surface area (Å²) in [6.45, 7) is 2.85. The summed E-state index contributed by atoms with van der Waals surface area (Å²) < 4.78 is 0. The fraction of sp³-hybridized carbons (Fsp3) is 0.562. The molecule has 1 aromatic rings. The number of pyridine rings is 1. The van der Waals surface area contributed by atoms with E-state index >= 15 is 0 Å². The van der Waals surface area contributed by atoms with Crippen molar-refractivity contribution in [3.05, 3.63) is 30.1 Å². The molecule has 1 saturated heterocycles. The summed E-state index contributed by atoms with van der Waals surface area (Å²) in [6.07, 6.45) is 5.48. The summed E-state index contributed by atoms with van der Waals surface area (Å²) in [5.74, 6) is -0.132. The molecule has 3 amide bonds. The quantitative estimate of drug-likeness (QED) is 0.825. The van der Waals surface area contributed by atoms with Gasteiger partial charge in [-0.15, -0.1) is 0 Å². The zero-order valence-corrected chi connectivity index (χ0v) is 13.8.